The minimum Gasteiger partial charge on any atom is -0.409 e. The van der Waals surface area contributed by atoms with E-state index < -0.39 is 0 Å². The van der Waals surface area contributed by atoms with Gasteiger partial charge in [-0.15, -0.1) is 0 Å². The molecule has 2 rings (SSSR count). The van der Waals surface area contributed by atoms with Crippen molar-refractivity contribution in [2.75, 3.05) is 5.32 Å². The summed E-state index contributed by atoms with van der Waals surface area (Å²) in [6.45, 7) is 0.498. The molecule has 0 fully saturated rings. The molecule has 19 heavy (non-hydrogen) atoms. The average molecular weight is 259 g/mol. The van der Waals surface area contributed by atoms with Crippen molar-refractivity contribution in [1.82, 2.24) is 0 Å². The van der Waals surface area contributed by atoms with Gasteiger partial charge in [0, 0.05) is 17.8 Å². The van der Waals surface area contributed by atoms with Gasteiger partial charge in [0.25, 0.3) is 0 Å². The third-order valence-electron chi connectivity index (χ3n) is 2.73. The highest BCUT2D eigenvalue weighted by atomic mass is 19.1. The number of hydrogen-bond acceptors (Lipinski definition) is 3. The van der Waals surface area contributed by atoms with E-state index >= 15 is 0 Å². The summed E-state index contributed by atoms with van der Waals surface area (Å²) in [7, 11) is 0. The van der Waals surface area contributed by atoms with Crippen LogP contribution in [0.2, 0.25) is 0 Å². The van der Waals surface area contributed by atoms with Crippen LogP contribution in [0.5, 0.6) is 0 Å². The van der Waals surface area contributed by atoms with E-state index in [-0.39, 0.29) is 11.7 Å². The quantitative estimate of drug-likeness (QED) is 0.342. The van der Waals surface area contributed by atoms with E-state index in [1.807, 2.05) is 18.2 Å². The van der Waals surface area contributed by atoms with Crippen molar-refractivity contribution in [3.8, 4) is 0 Å². The Labute approximate surface area is 110 Å². The van der Waals surface area contributed by atoms with Crippen molar-refractivity contribution in [2.24, 2.45) is 10.9 Å². The molecular formula is C14H14FN3O. The molecule has 0 saturated carbocycles. The van der Waals surface area contributed by atoms with Gasteiger partial charge in [-0.3, -0.25) is 0 Å². The van der Waals surface area contributed by atoms with Crippen LogP contribution in [0.15, 0.2) is 53.7 Å². The Morgan fingerprint density at radius 3 is 2.53 bits per heavy atom. The van der Waals surface area contributed by atoms with Gasteiger partial charge in [0.05, 0.1) is 0 Å². The van der Waals surface area contributed by atoms with Gasteiger partial charge >= 0.3 is 0 Å². The molecule has 0 amide bonds. The fourth-order valence-corrected chi connectivity index (χ4v) is 1.74. The Bertz CT molecular complexity index is 581. The van der Waals surface area contributed by atoms with Gasteiger partial charge in [-0.1, -0.05) is 29.4 Å². The Morgan fingerprint density at radius 2 is 1.84 bits per heavy atom. The fourth-order valence-electron chi connectivity index (χ4n) is 1.74. The Morgan fingerprint density at radius 1 is 1.16 bits per heavy atom. The first kappa shape index (κ1) is 12.9. The molecule has 0 saturated heterocycles. The lowest BCUT2D eigenvalue weighted by Gasteiger charge is -2.10. The Kier molecular flexibility index (Phi) is 3.97. The van der Waals surface area contributed by atoms with Crippen LogP contribution < -0.4 is 11.1 Å². The summed E-state index contributed by atoms with van der Waals surface area (Å²) in [5, 5.41) is 14.9. The standard InChI is InChI=1S/C14H14FN3O/c15-11-5-7-12(8-6-11)17-9-10-3-1-2-4-13(10)14(16)18-19/h1-8,17,19H,9H2,(H2,16,18). The van der Waals surface area contributed by atoms with Gasteiger partial charge in [0.1, 0.15) is 5.82 Å². The van der Waals surface area contributed by atoms with Crippen LogP contribution in [0.1, 0.15) is 11.1 Å². The smallest absolute Gasteiger partial charge is 0.170 e. The number of hydrogen-bond donors (Lipinski definition) is 3. The molecule has 0 spiro atoms. The summed E-state index contributed by atoms with van der Waals surface area (Å²) in [5.41, 5.74) is 7.97. The summed E-state index contributed by atoms with van der Waals surface area (Å²) >= 11 is 0. The topological polar surface area (TPSA) is 70.6 Å². The Balaban J connectivity index is 2.13. The summed E-state index contributed by atoms with van der Waals surface area (Å²) in [6, 6.07) is 13.4. The van der Waals surface area contributed by atoms with E-state index in [0.29, 0.717) is 12.1 Å². The summed E-state index contributed by atoms with van der Waals surface area (Å²) in [5.74, 6) is -0.209. The minimum atomic E-state index is -0.275. The zero-order chi connectivity index (χ0) is 13.7. The molecule has 0 aliphatic rings. The summed E-state index contributed by atoms with van der Waals surface area (Å²) in [6.07, 6.45) is 0. The molecule has 2 aromatic rings. The van der Waals surface area contributed by atoms with Crippen molar-refractivity contribution in [2.45, 2.75) is 6.54 Å². The van der Waals surface area contributed by atoms with Crippen molar-refractivity contribution < 1.29 is 9.60 Å². The van der Waals surface area contributed by atoms with Crippen LogP contribution in [0, 0.1) is 5.82 Å². The number of benzene rings is 2. The molecule has 4 nitrogen and oxygen atoms in total. The molecule has 0 bridgehead atoms. The SMILES string of the molecule is NC(=NO)c1ccccc1CNc1ccc(F)cc1. The third-order valence-corrected chi connectivity index (χ3v) is 2.73. The highest BCUT2D eigenvalue weighted by Crippen LogP contribution is 2.13. The molecule has 0 aliphatic carbocycles. The summed E-state index contributed by atoms with van der Waals surface area (Å²) in [4.78, 5) is 0. The highest BCUT2D eigenvalue weighted by molar-refractivity contribution is 5.98. The number of rotatable bonds is 4. The second-order valence-electron chi connectivity index (χ2n) is 4.00. The van der Waals surface area contributed by atoms with Gasteiger partial charge < -0.3 is 16.3 Å². The normalized spacial score (nSPS) is 11.3. The molecular weight excluding hydrogens is 245 g/mol. The first-order chi connectivity index (χ1) is 9.20. The molecule has 5 heteroatoms. The van der Waals surface area contributed by atoms with Crippen LogP contribution in [-0.4, -0.2) is 11.0 Å². The first-order valence-corrected chi connectivity index (χ1v) is 5.76. The maximum absolute atomic E-state index is 12.8. The van der Waals surface area contributed by atoms with E-state index in [2.05, 4.69) is 10.5 Å². The number of nitrogens with zero attached hydrogens (tertiary/aromatic N) is 1. The highest BCUT2D eigenvalue weighted by Gasteiger charge is 2.05. The lowest BCUT2D eigenvalue weighted by molar-refractivity contribution is 0.318. The van der Waals surface area contributed by atoms with Crippen molar-refractivity contribution in [3.63, 3.8) is 0 Å². The van der Waals surface area contributed by atoms with Gasteiger partial charge in [0.15, 0.2) is 5.84 Å². The second-order valence-corrected chi connectivity index (χ2v) is 4.00. The number of nitrogens with two attached hydrogens (primary N) is 1. The number of nitrogens with one attached hydrogen (secondary N) is 1. The lowest BCUT2D eigenvalue weighted by Crippen LogP contribution is -2.16. The van der Waals surface area contributed by atoms with Crippen LogP contribution in [0.3, 0.4) is 0 Å². The summed E-state index contributed by atoms with van der Waals surface area (Å²) < 4.78 is 12.8. The van der Waals surface area contributed by atoms with Crippen LogP contribution in [0.25, 0.3) is 0 Å². The molecule has 0 radical (unpaired) electrons. The number of oxime groups is 1. The molecule has 0 aliphatic heterocycles. The monoisotopic (exact) mass is 259 g/mol. The lowest BCUT2D eigenvalue weighted by atomic mass is 10.1. The number of anilines is 1. The third kappa shape index (κ3) is 3.22. The fraction of sp³-hybridized carbons (Fsp3) is 0.0714. The van der Waals surface area contributed by atoms with Crippen molar-refractivity contribution >= 4 is 11.5 Å². The molecule has 0 atom stereocenters. The van der Waals surface area contributed by atoms with E-state index in [4.69, 9.17) is 10.9 Å². The number of halogens is 1. The maximum Gasteiger partial charge on any atom is 0.170 e. The van der Waals surface area contributed by atoms with Gasteiger partial charge in [-0.05, 0) is 29.8 Å². The molecule has 0 heterocycles. The largest absolute Gasteiger partial charge is 0.409 e. The van der Waals surface area contributed by atoms with Crippen molar-refractivity contribution in [1.29, 1.82) is 0 Å². The zero-order valence-electron chi connectivity index (χ0n) is 10.2. The van der Waals surface area contributed by atoms with E-state index in [0.717, 1.165) is 11.3 Å². The molecule has 98 valence electrons. The van der Waals surface area contributed by atoms with Crippen molar-refractivity contribution in [3.05, 3.63) is 65.5 Å². The zero-order valence-corrected chi connectivity index (χ0v) is 10.2. The predicted octanol–water partition coefficient (Wildman–Crippen LogP) is 2.53. The maximum atomic E-state index is 12.8. The van der Waals surface area contributed by atoms with Gasteiger partial charge in [-0.25, -0.2) is 4.39 Å². The molecule has 0 aromatic heterocycles. The average Bonchev–Trinajstić information content (AvgIpc) is 2.46. The molecule has 4 N–H and O–H groups in total. The van der Waals surface area contributed by atoms with E-state index in [1.165, 1.54) is 12.1 Å². The van der Waals surface area contributed by atoms with Gasteiger partial charge in [0.2, 0.25) is 0 Å². The van der Waals surface area contributed by atoms with Crippen LogP contribution >= 0.6 is 0 Å². The number of amidine groups is 1. The van der Waals surface area contributed by atoms with E-state index in [1.54, 1.807) is 18.2 Å². The van der Waals surface area contributed by atoms with Gasteiger partial charge in [-0.2, -0.15) is 0 Å². The molecule has 0 unspecified atom stereocenters. The second kappa shape index (κ2) is 5.86. The Hall–Kier alpha value is -2.56. The van der Waals surface area contributed by atoms with E-state index in [9.17, 15) is 4.39 Å². The van der Waals surface area contributed by atoms with Crippen LogP contribution in [0.4, 0.5) is 10.1 Å². The minimum absolute atomic E-state index is 0.0662. The predicted molar refractivity (Wildman–Crippen MR) is 72.7 cm³/mol. The molecule has 2 aromatic carbocycles. The van der Waals surface area contributed by atoms with Crippen LogP contribution in [-0.2, 0) is 6.54 Å². The first-order valence-electron chi connectivity index (χ1n) is 5.76.